The van der Waals surface area contributed by atoms with Crippen molar-refractivity contribution in [2.75, 3.05) is 0 Å². The molecule has 0 bridgehead atoms. The molecule has 14 nitrogen and oxygen atoms in total. The minimum atomic E-state index is -3.32. The predicted molar refractivity (Wildman–Crippen MR) is 183 cm³/mol. The van der Waals surface area contributed by atoms with Gasteiger partial charge in [0.25, 0.3) is 0 Å². The number of hydrogen-bond donors (Lipinski definition) is 2. The Balaban J connectivity index is 1.85. The molecule has 2 radical (unpaired) electrons. The maximum Gasteiger partial charge on any atom is 0.619 e. The topological polar surface area (TPSA) is 176 Å². The van der Waals surface area contributed by atoms with E-state index in [0.717, 1.165) is 10.1 Å². The van der Waals surface area contributed by atoms with E-state index < -0.39 is 98.0 Å². The van der Waals surface area contributed by atoms with E-state index >= 15 is 0 Å². The van der Waals surface area contributed by atoms with Crippen LogP contribution in [0.5, 0.6) is 0 Å². The molecule has 0 spiro atoms. The zero-order chi connectivity index (χ0) is 39.3. The van der Waals surface area contributed by atoms with E-state index in [-0.39, 0.29) is 12.8 Å². The van der Waals surface area contributed by atoms with Crippen molar-refractivity contribution in [3.05, 3.63) is 0 Å². The maximum atomic E-state index is 14.3. The van der Waals surface area contributed by atoms with E-state index in [1.807, 2.05) is 55.4 Å². The third-order valence-electron chi connectivity index (χ3n) is 11.8. The van der Waals surface area contributed by atoms with E-state index in [2.05, 4.69) is 10.6 Å². The quantitative estimate of drug-likeness (QED) is 0.265. The Bertz CT molecular complexity index is 1330. The lowest BCUT2D eigenvalue weighted by molar-refractivity contribution is -0.436. The van der Waals surface area contributed by atoms with E-state index in [1.54, 1.807) is 55.4 Å². The van der Waals surface area contributed by atoms with Crippen molar-refractivity contribution in [3.8, 4) is 0 Å². The number of esters is 4. The van der Waals surface area contributed by atoms with Gasteiger partial charge >= 0.3 is 30.0 Å². The van der Waals surface area contributed by atoms with Crippen molar-refractivity contribution < 1.29 is 48.5 Å². The van der Waals surface area contributed by atoms with Gasteiger partial charge in [-0.25, -0.2) is 0 Å². The second-order valence-electron chi connectivity index (χ2n) is 20.2. The number of hydrogen-bond acceptors (Lipinski definition) is 12. The summed E-state index contributed by atoms with van der Waals surface area (Å²) in [5.41, 5.74) is -7.21. The van der Waals surface area contributed by atoms with E-state index in [4.69, 9.17) is 18.9 Å². The minimum absolute atomic E-state index is 0.0464. The molecule has 4 unspecified atom stereocenters. The second-order valence-corrected chi connectivity index (χ2v) is 20.2. The summed E-state index contributed by atoms with van der Waals surface area (Å²) >= 11 is 0. The van der Waals surface area contributed by atoms with Gasteiger partial charge in [-0.15, -0.1) is 20.5 Å². The fourth-order valence-electron chi connectivity index (χ4n) is 9.46. The normalized spacial score (nSPS) is 33.6. The van der Waals surface area contributed by atoms with Gasteiger partial charge in [0, 0.05) is 33.2 Å². The first kappa shape index (κ1) is 41.4. The third-order valence-corrected chi connectivity index (χ3v) is 11.8. The first-order chi connectivity index (χ1) is 22.6. The fraction of sp³-hybridized carbons (Fsp3) is 0.892. The highest BCUT2D eigenvalue weighted by atomic mass is 17.0. The van der Waals surface area contributed by atoms with Gasteiger partial charge in [-0.1, -0.05) is 0 Å². The van der Waals surface area contributed by atoms with Crippen LogP contribution in [0.3, 0.4) is 0 Å². The van der Waals surface area contributed by atoms with Crippen LogP contribution in [-0.4, -0.2) is 84.5 Å². The van der Waals surface area contributed by atoms with Gasteiger partial charge in [0.05, 0.1) is 34.7 Å². The molecule has 4 heterocycles. The average Bonchev–Trinajstić information content (AvgIpc) is 3.44. The van der Waals surface area contributed by atoms with Gasteiger partial charge in [0.1, 0.15) is 0 Å². The van der Waals surface area contributed by atoms with Crippen molar-refractivity contribution in [1.82, 2.24) is 20.8 Å². The van der Waals surface area contributed by atoms with Gasteiger partial charge in [-0.2, -0.15) is 0 Å². The van der Waals surface area contributed by atoms with Crippen LogP contribution in [0.2, 0.25) is 0 Å². The number of nitrogens with zero attached hydrogens (tertiary/aromatic N) is 2. The number of carbonyl (C=O) groups excluding carboxylic acids is 4. The molecule has 0 amide bonds. The Morgan fingerprint density at radius 2 is 0.725 bits per heavy atom. The molecule has 0 aromatic carbocycles. The first-order valence-corrected chi connectivity index (χ1v) is 18.1. The van der Waals surface area contributed by atoms with Crippen LogP contribution >= 0.6 is 0 Å². The lowest BCUT2D eigenvalue weighted by Gasteiger charge is -2.37. The summed E-state index contributed by atoms with van der Waals surface area (Å²) in [6.45, 7) is 28.0. The van der Waals surface area contributed by atoms with Crippen LogP contribution in [0.4, 0.5) is 0 Å². The summed E-state index contributed by atoms with van der Waals surface area (Å²) in [5.74, 6) is -7.94. The van der Waals surface area contributed by atoms with Crippen LogP contribution < -0.4 is 10.6 Å². The van der Waals surface area contributed by atoms with Gasteiger partial charge in [0.15, 0.2) is 0 Å². The van der Waals surface area contributed by atoms with Crippen LogP contribution in [0, 0.1) is 23.7 Å². The molecule has 4 saturated heterocycles. The summed E-state index contributed by atoms with van der Waals surface area (Å²) in [5, 5.41) is 35.1. The van der Waals surface area contributed by atoms with Crippen molar-refractivity contribution in [2.45, 2.75) is 187 Å². The van der Waals surface area contributed by atoms with Gasteiger partial charge < -0.3 is 29.6 Å². The summed E-state index contributed by atoms with van der Waals surface area (Å²) in [6, 6.07) is 0. The van der Waals surface area contributed by atoms with Crippen molar-refractivity contribution >= 4 is 23.9 Å². The smallest absolute Gasteiger partial charge is 0.352 e. The summed E-state index contributed by atoms with van der Waals surface area (Å²) in [7, 11) is 0. The number of ether oxygens (including phenoxy) is 4. The fourth-order valence-corrected chi connectivity index (χ4v) is 9.46. The third kappa shape index (κ3) is 7.68. The van der Waals surface area contributed by atoms with Gasteiger partial charge in [-0.05, 0) is 136 Å². The highest BCUT2D eigenvalue weighted by Crippen LogP contribution is 2.48. The van der Waals surface area contributed by atoms with E-state index in [0.29, 0.717) is 12.8 Å². The number of hydroxylamine groups is 4. The molecule has 0 aromatic rings. The van der Waals surface area contributed by atoms with Crippen LogP contribution in [0.25, 0.3) is 0 Å². The lowest BCUT2D eigenvalue weighted by atomic mass is 9.87. The van der Waals surface area contributed by atoms with E-state index in [1.165, 1.54) is 0 Å². The first-order valence-electron chi connectivity index (χ1n) is 18.1. The van der Waals surface area contributed by atoms with Gasteiger partial charge in [0.2, 0.25) is 0 Å². The lowest BCUT2D eigenvalue weighted by Crippen LogP contribution is -2.56. The molecule has 4 rings (SSSR count). The average molecular weight is 723 g/mol. The summed E-state index contributed by atoms with van der Waals surface area (Å²) in [4.78, 5) is 57.2. The molecule has 14 heteroatoms. The molecule has 4 fully saturated rings. The summed E-state index contributed by atoms with van der Waals surface area (Å²) in [6.07, 6.45) is -2.64. The Morgan fingerprint density at radius 1 is 0.471 bits per heavy atom. The molecule has 290 valence electrons. The molecule has 0 saturated carbocycles. The molecule has 4 atom stereocenters. The zero-order valence-corrected chi connectivity index (χ0v) is 33.6. The molecular weight excluding hydrogens is 660 g/mol. The van der Waals surface area contributed by atoms with E-state index in [9.17, 15) is 29.6 Å². The Labute approximate surface area is 303 Å². The van der Waals surface area contributed by atoms with Gasteiger partial charge in [-0.3, -0.25) is 19.2 Å². The predicted octanol–water partition coefficient (Wildman–Crippen LogP) is 4.55. The van der Waals surface area contributed by atoms with Crippen LogP contribution in [0.1, 0.15) is 136 Å². The van der Waals surface area contributed by atoms with Crippen molar-refractivity contribution in [1.29, 1.82) is 0 Å². The molecule has 4 aliphatic heterocycles. The number of carbonyl (C=O) groups is 4. The highest BCUT2D eigenvalue weighted by Gasteiger charge is 2.64. The van der Waals surface area contributed by atoms with Crippen molar-refractivity contribution in [2.24, 2.45) is 23.7 Å². The van der Waals surface area contributed by atoms with Crippen LogP contribution in [0.15, 0.2) is 0 Å². The SMILES string of the molecule is CC1(C)CC(C(=O)OC(OC(=O)C2CC(C)(C)NC2(C)C)(OC(=O)C2CC(C)(C)N([O])C2(C)C)OC(=O)C2CC(C)(C)N([O])C2(C)C)C(C)(C)N1. The Morgan fingerprint density at radius 3 is 0.922 bits per heavy atom. The highest BCUT2D eigenvalue weighted by molar-refractivity contribution is 5.81. The number of rotatable bonds is 8. The minimum Gasteiger partial charge on any atom is -0.352 e. The largest absolute Gasteiger partial charge is 0.619 e. The summed E-state index contributed by atoms with van der Waals surface area (Å²) < 4.78 is 23.7. The molecule has 4 aliphatic rings. The molecule has 0 aromatic heterocycles. The second kappa shape index (κ2) is 12.3. The maximum absolute atomic E-state index is 14.3. The standard InChI is InChI=1S/C37H62N4O10/c1-29(2)17-21(33(9,10)38-29)25(42)48-37(49-26(43)22-18-30(3,4)39-34(22,11)12,50-27(44)23-19-31(5,6)40(46)35(23,13)14)51-28(45)24-20-32(7,8)41(47)36(24,15)16/h21-24,38-39H,17-20H2,1-16H3. The Kier molecular flexibility index (Phi) is 10.0. The zero-order valence-electron chi connectivity index (χ0n) is 33.6. The monoisotopic (exact) mass is 722 g/mol. The molecular formula is C37H62N4O10. The molecule has 51 heavy (non-hydrogen) atoms. The molecule has 0 aliphatic carbocycles. The molecule has 2 N–H and O–H groups in total. The van der Waals surface area contributed by atoms with Crippen molar-refractivity contribution in [3.63, 3.8) is 0 Å². The number of nitrogens with one attached hydrogen (secondary N) is 2. The van der Waals surface area contributed by atoms with Crippen LogP contribution in [-0.2, 0) is 48.5 Å². The Hall–Kier alpha value is -2.36.